The van der Waals surface area contributed by atoms with Crippen molar-refractivity contribution in [2.24, 2.45) is 0 Å². The van der Waals surface area contributed by atoms with E-state index in [2.05, 4.69) is 67.6 Å². The summed E-state index contributed by atoms with van der Waals surface area (Å²) in [5.41, 5.74) is 4.43. The van der Waals surface area contributed by atoms with E-state index in [1.807, 2.05) is 6.92 Å². The third-order valence-corrected chi connectivity index (χ3v) is 4.03. The van der Waals surface area contributed by atoms with Crippen LogP contribution in [0.25, 0.3) is 32.9 Å². The van der Waals surface area contributed by atoms with E-state index >= 15 is 0 Å². The molecule has 4 aromatic rings. The van der Waals surface area contributed by atoms with E-state index in [-0.39, 0.29) is 0 Å². The molecule has 0 amide bonds. The monoisotopic (exact) mass is 284 g/mol. The summed E-state index contributed by atoms with van der Waals surface area (Å²) >= 11 is 0. The van der Waals surface area contributed by atoms with Gasteiger partial charge in [-0.25, -0.2) is 9.97 Å². The second-order valence-electron chi connectivity index (χ2n) is 5.67. The molecule has 0 saturated carbocycles. The fourth-order valence-electron chi connectivity index (χ4n) is 2.91. The Kier molecular flexibility index (Phi) is 2.90. The molecule has 2 nitrogen and oxygen atoms in total. The summed E-state index contributed by atoms with van der Waals surface area (Å²) in [6, 6.07) is 21.2. The number of benzene rings is 3. The lowest BCUT2D eigenvalue weighted by molar-refractivity contribution is 1.10. The molecule has 0 aliphatic heterocycles. The third kappa shape index (κ3) is 2.04. The van der Waals surface area contributed by atoms with Crippen LogP contribution in [0.1, 0.15) is 11.4 Å². The van der Waals surface area contributed by atoms with Crippen molar-refractivity contribution >= 4 is 21.7 Å². The second-order valence-corrected chi connectivity index (χ2v) is 5.67. The van der Waals surface area contributed by atoms with Crippen LogP contribution in [0.5, 0.6) is 0 Å². The molecule has 0 fully saturated rings. The smallest absolute Gasteiger partial charge is 0.126 e. The molecule has 0 aliphatic carbocycles. The van der Waals surface area contributed by atoms with Crippen LogP contribution in [0.2, 0.25) is 0 Å². The fraction of sp³-hybridized carbons (Fsp3) is 0.100. The lowest BCUT2D eigenvalue weighted by Gasteiger charge is -2.10. The maximum atomic E-state index is 4.70. The first-order chi connectivity index (χ1) is 10.7. The Bertz CT molecular complexity index is 986. The van der Waals surface area contributed by atoms with Crippen LogP contribution >= 0.6 is 0 Å². The molecule has 1 aromatic heterocycles. The minimum Gasteiger partial charge on any atom is -0.233 e. The third-order valence-electron chi connectivity index (χ3n) is 4.03. The van der Waals surface area contributed by atoms with Crippen molar-refractivity contribution in [2.75, 3.05) is 0 Å². The molecule has 0 unspecified atom stereocenters. The first-order valence-electron chi connectivity index (χ1n) is 7.45. The van der Waals surface area contributed by atoms with Crippen LogP contribution in [-0.2, 0) is 0 Å². The van der Waals surface area contributed by atoms with Crippen LogP contribution in [0.15, 0.2) is 60.7 Å². The number of aromatic nitrogens is 2. The molecule has 4 rings (SSSR count). The molecule has 0 bridgehead atoms. The molecule has 0 radical (unpaired) electrons. The highest BCUT2D eigenvalue weighted by molar-refractivity contribution is 6.09. The zero-order valence-corrected chi connectivity index (χ0v) is 12.7. The minimum absolute atomic E-state index is 0.805. The summed E-state index contributed by atoms with van der Waals surface area (Å²) in [6.45, 7) is 4.06. The lowest BCUT2D eigenvalue weighted by atomic mass is 10.0. The van der Waals surface area contributed by atoms with Gasteiger partial charge in [0.2, 0.25) is 0 Å². The highest BCUT2D eigenvalue weighted by Crippen LogP contribution is 2.30. The van der Waals surface area contributed by atoms with Gasteiger partial charge in [0.25, 0.3) is 0 Å². The Hall–Kier alpha value is -2.74. The van der Waals surface area contributed by atoms with Crippen LogP contribution < -0.4 is 0 Å². The van der Waals surface area contributed by atoms with E-state index in [0.29, 0.717) is 0 Å². The van der Waals surface area contributed by atoms with Crippen LogP contribution in [-0.4, -0.2) is 9.97 Å². The number of fused-ring (bicyclic) bond motifs is 3. The molecule has 3 aromatic carbocycles. The van der Waals surface area contributed by atoms with E-state index in [9.17, 15) is 0 Å². The van der Waals surface area contributed by atoms with E-state index in [0.717, 1.165) is 28.0 Å². The van der Waals surface area contributed by atoms with Crippen LogP contribution in [0, 0.1) is 13.8 Å². The number of aryl methyl sites for hydroxylation is 2. The second kappa shape index (κ2) is 4.92. The fourth-order valence-corrected chi connectivity index (χ4v) is 2.91. The summed E-state index contributed by atoms with van der Waals surface area (Å²) in [7, 11) is 0. The predicted octanol–water partition coefficient (Wildman–Crippen LogP) is 5.07. The van der Waals surface area contributed by atoms with Crippen molar-refractivity contribution in [1.82, 2.24) is 9.97 Å². The number of rotatable bonds is 1. The van der Waals surface area contributed by atoms with Gasteiger partial charge >= 0.3 is 0 Å². The van der Waals surface area contributed by atoms with Crippen molar-refractivity contribution in [3.8, 4) is 11.3 Å². The molecule has 0 aliphatic rings. The number of hydrogen-bond donors (Lipinski definition) is 0. The van der Waals surface area contributed by atoms with E-state index in [1.165, 1.54) is 16.3 Å². The predicted molar refractivity (Wildman–Crippen MR) is 92.0 cm³/mol. The Labute approximate surface area is 129 Å². The van der Waals surface area contributed by atoms with Crippen LogP contribution in [0.4, 0.5) is 0 Å². The van der Waals surface area contributed by atoms with Gasteiger partial charge in [-0.15, -0.1) is 0 Å². The van der Waals surface area contributed by atoms with Gasteiger partial charge in [0, 0.05) is 16.3 Å². The summed E-state index contributed by atoms with van der Waals surface area (Å²) in [5.74, 6) is 0.805. The van der Waals surface area contributed by atoms with Gasteiger partial charge in [-0.3, -0.25) is 0 Å². The molecule has 0 N–H and O–H groups in total. The molecular formula is C20H16N2. The average Bonchev–Trinajstić information content (AvgIpc) is 2.55. The molecule has 1 heterocycles. The van der Waals surface area contributed by atoms with Gasteiger partial charge in [-0.1, -0.05) is 60.2 Å². The molecule has 0 saturated heterocycles. The molecular weight excluding hydrogens is 268 g/mol. The Morgan fingerprint density at radius 2 is 1.45 bits per heavy atom. The van der Waals surface area contributed by atoms with E-state index in [1.54, 1.807) is 0 Å². The molecule has 0 spiro atoms. The highest BCUT2D eigenvalue weighted by Gasteiger charge is 2.10. The van der Waals surface area contributed by atoms with Crippen molar-refractivity contribution in [1.29, 1.82) is 0 Å². The average molecular weight is 284 g/mol. The lowest BCUT2D eigenvalue weighted by Crippen LogP contribution is -1.95. The molecule has 2 heteroatoms. The first kappa shape index (κ1) is 13.0. The van der Waals surface area contributed by atoms with Crippen molar-refractivity contribution < 1.29 is 0 Å². The van der Waals surface area contributed by atoms with Gasteiger partial charge in [-0.05, 0) is 25.3 Å². The number of hydrogen-bond acceptors (Lipinski definition) is 2. The van der Waals surface area contributed by atoms with Gasteiger partial charge < -0.3 is 0 Å². The van der Waals surface area contributed by atoms with Crippen LogP contribution in [0.3, 0.4) is 0 Å². The highest BCUT2D eigenvalue weighted by atomic mass is 14.9. The maximum absolute atomic E-state index is 4.70. The van der Waals surface area contributed by atoms with Gasteiger partial charge in [0.1, 0.15) is 5.82 Å². The van der Waals surface area contributed by atoms with Gasteiger partial charge in [0.05, 0.1) is 11.2 Å². The largest absolute Gasteiger partial charge is 0.233 e. The van der Waals surface area contributed by atoms with Crippen molar-refractivity contribution in [3.63, 3.8) is 0 Å². The zero-order valence-electron chi connectivity index (χ0n) is 12.7. The zero-order chi connectivity index (χ0) is 15.1. The van der Waals surface area contributed by atoms with E-state index < -0.39 is 0 Å². The maximum Gasteiger partial charge on any atom is 0.126 e. The summed E-state index contributed by atoms with van der Waals surface area (Å²) in [4.78, 5) is 9.39. The molecule has 106 valence electrons. The minimum atomic E-state index is 0.805. The van der Waals surface area contributed by atoms with E-state index in [4.69, 9.17) is 9.97 Å². The topological polar surface area (TPSA) is 25.8 Å². The SMILES string of the molecule is Cc1ccc(-c2nc(C)nc3c2ccc2ccccc23)cc1. The Morgan fingerprint density at radius 1 is 0.682 bits per heavy atom. The summed E-state index contributed by atoms with van der Waals surface area (Å²) in [6.07, 6.45) is 0. The molecule has 0 atom stereocenters. The van der Waals surface area contributed by atoms with Crippen molar-refractivity contribution in [3.05, 3.63) is 72.1 Å². The number of nitrogens with zero attached hydrogens (tertiary/aromatic N) is 2. The van der Waals surface area contributed by atoms with Crippen molar-refractivity contribution in [2.45, 2.75) is 13.8 Å². The normalized spacial score (nSPS) is 11.2. The Balaban J connectivity index is 2.11. The quantitative estimate of drug-likeness (QED) is 0.456. The van der Waals surface area contributed by atoms with Gasteiger partial charge in [-0.2, -0.15) is 0 Å². The summed E-state index contributed by atoms with van der Waals surface area (Å²) < 4.78 is 0. The summed E-state index contributed by atoms with van der Waals surface area (Å²) in [5, 5.41) is 3.50. The molecule has 22 heavy (non-hydrogen) atoms. The Morgan fingerprint density at radius 3 is 2.27 bits per heavy atom. The standard InChI is InChI=1S/C20H16N2/c1-13-7-9-16(10-8-13)19-18-12-11-15-5-3-4-6-17(15)20(18)22-14(2)21-19/h3-12H,1-2H3. The van der Waals surface area contributed by atoms with Gasteiger partial charge in [0.15, 0.2) is 0 Å². The first-order valence-corrected chi connectivity index (χ1v) is 7.45.